The van der Waals surface area contributed by atoms with Gasteiger partial charge in [-0.2, -0.15) is 0 Å². The van der Waals surface area contributed by atoms with E-state index in [-0.39, 0.29) is 39.4 Å². The number of fused-ring (bicyclic) bond motifs is 7. The van der Waals surface area contributed by atoms with Crippen LogP contribution in [0.5, 0.6) is 0 Å². The van der Waals surface area contributed by atoms with Gasteiger partial charge in [-0.1, -0.05) is 60.1 Å². The molecule has 376 valence electrons. The number of carboxylic acid groups (broad SMARTS) is 2. The van der Waals surface area contributed by atoms with Crippen LogP contribution in [0.4, 0.5) is 0 Å². The first-order valence-electron chi connectivity index (χ1n) is 24.2. The number of carboxylic acids is 2. The fraction of sp³-hybridized carbons (Fsp3) is 0.917. The molecule has 0 aromatic carbocycles. The van der Waals surface area contributed by atoms with Gasteiger partial charge in [-0.25, -0.2) is 4.79 Å². The summed E-state index contributed by atoms with van der Waals surface area (Å²) in [5, 5.41) is 107. The summed E-state index contributed by atoms with van der Waals surface area (Å²) in [6, 6.07) is 0. The maximum Gasteiger partial charge on any atom is 0.335 e. The SMILES string of the molecule is C[C@@H]1O[C@@H](O[C@H]2[C@H](O)[C@@H](O[C@@H]3O[C@H](CO)[C@@H](O)[C@H](O)[C@H]3O)[C@H](O[C@H]3CC[C@]4(C)[C@H]5CC=C6[C@@H]7CC(C)(C)CC[C@]7(C(=O)O)CC[C@@]6(C)[C@]5(C)CC[C@H]4C3(C)C)O[C@@H]2C(=O)O)[C@H](O)[C@H](O)[C@H]1O. The lowest BCUT2D eigenvalue weighted by Gasteiger charge is -2.71. The number of aliphatic hydroxyl groups excluding tert-OH is 8. The minimum atomic E-state index is -1.99. The van der Waals surface area contributed by atoms with E-state index in [0.717, 1.165) is 44.9 Å². The van der Waals surface area contributed by atoms with Gasteiger partial charge in [0.05, 0.1) is 24.2 Å². The van der Waals surface area contributed by atoms with Gasteiger partial charge >= 0.3 is 11.9 Å². The molecule has 8 aliphatic rings. The molecule has 18 nitrogen and oxygen atoms in total. The molecule has 10 N–H and O–H groups in total. The Bertz CT molecular complexity index is 1860. The molecule has 7 fully saturated rings. The molecule has 3 aliphatic heterocycles. The lowest BCUT2D eigenvalue weighted by molar-refractivity contribution is -0.390. The van der Waals surface area contributed by atoms with Gasteiger partial charge in [0.1, 0.15) is 61.0 Å². The molecule has 0 unspecified atom stereocenters. The zero-order valence-electron chi connectivity index (χ0n) is 39.6. The molecule has 0 bridgehead atoms. The second-order valence-electron chi connectivity index (χ2n) is 23.5. The number of hydrogen-bond acceptors (Lipinski definition) is 16. The molecule has 18 heteroatoms. The molecule has 0 aromatic heterocycles. The molecule has 66 heavy (non-hydrogen) atoms. The second-order valence-corrected chi connectivity index (χ2v) is 23.5. The molecular weight excluding hydrogens is 865 g/mol. The van der Waals surface area contributed by atoms with E-state index in [9.17, 15) is 60.7 Å². The number of carbonyl (C=O) groups is 2. The highest BCUT2D eigenvalue weighted by Gasteiger charge is 2.70. The molecule has 0 amide bonds. The van der Waals surface area contributed by atoms with Crippen molar-refractivity contribution < 1.29 is 89.1 Å². The average molecular weight is 941 g/mol. The van der Waals surface area contributed by atoms with Crippen LogP contribution in [0.3, 0.4) is 0 Å². The van der Waals surface area contributed by atoms with Crippen molar-refractivity contribution in [3.05, 3.63) is 11.6 Å². The van der Waals surface area contributed by atoms with Crippen LogP contribution in [0.1, 0.15) is 120 Å². The topological polar surface area (TPSA) is 292 Å². The van der Waals surface area contributed by atoms with Crippen molar-refractivity contribution in [2.75, 3.05) is 6.61 Å². The van der Waals surface area contributed by atoms with Crippen LogP contribution in [-0.2, 0) is 38.0 Å². The summed E-state index contributed by atoms with van der Waals surface area (Å²) in [6.45, 7) is 16.6. The largest absolute Gasteiger partial charge is 0.481 e. The Morgan fingerprint density at radius 1 is 0.667 bits per heavy atom. The third kappa shape index (κ3) is 7.74. The van der Waals surface area contributed by atoms with E-state index < -0.39 is 128 Å². The summed E-state index contributed by atoms with van der Waals surface area (Å²) in [7, 11) is 0. The van der Waals surface area contributed by atoms with Gasteiger partial charge in [-0.15, -0.1) is 0 Å². The van der Waals surface area contributed by atoms with E-state index in [1.54, 1.807) is 0 Å². The number of ether oxygens (including phenoxy) is 6. The van der Waals surface area contributed by atoms with Crippen molar-refractivity contribution in [3.63, 3.8) is 0 Å². The molecule has 4 saturated carbocycles. The normalized spacial score (nSPS) is 53.3. The van der Waals surface area contributed by atoms with E-state index in [0.29, 0.717) is 19.3 Å². The van der Waals surface area contributed by atoms with E-state index in [2.05, 4.69) is 54.5 Å². The fourth-order valence-electron chi connectivity index (χ4n) is 15.1. The molecule has 23 atom stereocenters. The number of allylic oxidation sites excluding steroid dienone is 2. The van der Waals surface area contributed by atoms with Crippen LogP contribution >= 0.6 is 0 Å². The van der Waals surface area contributed by atoms with Crippen LogP contribution in [0.25, 0.3) is 0 Å². The number of hydrogen-bond donors (Lipinski definition) is 10. The Morgan fingerprint density at radius 2 is 1.29 bits per heavy atom. The van der Waals surface area contributed by atoms with Gasteiger partial charge in [0, 0.05) is 0 Å². The Labute approximate surface area is 386 Å². The fourth-order valence-corrected chi connectivity index (χ4v) is 15.1. The molecule has 0 spiro atoms. The Hall–Kier alpha value is -1.88. The van der Waals surface area contributed by atoms with Gasteiger partial charge in [-0.05, 0) is 116 Å². The zero-order valence-corrected chi connectivity index (χ0v) is 39.6. The van der Waals surface area contributed by atoms with Crippen molar-refractivity contribution >= 4 is 11.9 Å². The highest BCUT2D eigenvalue weighted by molar-refractivity contribution is 5.76. The molecular formula is C48H76O18. The Morgan fingerprint density at radius 3 is 1.92 bits per heavy atom. The van der Waals surface area contributed by atoms with Crippen molar-refractivity contribution in [1.82, 2.24) is 0 Å². The number of aliphatic hydroxyl groups is 8. The summed E-state index contributed by atoms with van der Waals surface area (Å²) < 4.78 is 36.2. The minimum Gasteiger partial charge on any atom is -0.481 e. The van der Waals surface area contributed by atoms with Crippen LogP contribution in [0.2, 0.25) is 0 Å². The van der Waals surface area contributed by atoms with E-state index >= 15 is 0 Å². The first kappa shape index (κ1) is 50.5. The lowest BCUT2D eigenvalue weighted by Crippen LogP contribution is -2.68. The molecule has 8 rings (SSSR count). The summed E-state index contributed by atoms with van der Waals surface area (Å²) >= 11 is 0. The van der Waals surface area contributed by atoms with Crippen molar-refractivity contribution in [3.8, 4) is 0 Å². The standard InChI is InChI=1S/C48H76O18/c1-21-28(50)30(52)32(54)39(61-21)64-35-34(56)36(65-40-33(55)31(53)29(51)24(20-49)62-40)41(66-37(35)38(57)58)63-27-12-13-45(6)25(44(27,4)5)11-14-47(8)26(45)10-9-22-23-19-43(2,3)15-17-48(23,42(59)60)18-16-46(22,47)7/h9,21,23-37,39-41,49-56H,10-20H2,1-8H3,(H,57,58)(H,59,60)/t21-,23-,24+,25-,26+,27-,28-,29+,30+,31-,32+,33+,34-,35-,36+,37-,39-,40-,41+,45-,46+,47+,48-/m0/s1. The van der Waals surface area contributed by atoms with E-state index in [4.69, 9.17) is 28.4 Å². The number of rotatable bonds is 9. The van der Waals surface area contributed by atoms with Crippen LogP contribution in [0, 0.1) is 50.2 Å². The second kappa shape index (κ2) is 17.5. The van der Waals surface area contributed by atoms with Crippen molar-refractivity contribution in [2.45, 2.75) is 218 Å². The first-order valence-corrected chi connectivity index (χ1v) is 24.2. The highest BCUT2D eigenvalue weighted by Crippen LogP contribution is 2.76. The zero-order chi connectivity index (χ0) is 48.4. The van der Waals surface area contributed by atoms with Gasteiger partial charge in [0.2, 0.25) is 0 Å². The molecule has 3 heterocycles. The Balaban J connectivity index is 1.08. The Kier molecular flexibility index (Phi) is 13.4. The average Bonchev–Trinajstić information content (AvgIpc) is 3.24. The van der Waals surface area contributed by atoms with Crippen LogP contribution < -0.4 is 0 Å². The maximum atomic E-state index is 13.2. The minimum absolute atomic E-state index is 0.0201. The van der Waals surface area contributed by atoms with Gasteiger partial charge < -0.3 is 79.5 Å². The molecule has 3 saturated heterocycles. The third-order valence-electron chi connectivity index (χ3n) is 19.3. The van der Waals surface area contributed by atoms with E-state index in [1.165, 1.54) is 12.5 Å². The summed E-state index contributed by atoms with van der Waals surface area (Å²) in [4.78, 5) is 26.1. The number of aliphatic carboxylic acids is 2. The molecule has 0 radical (unpaired) electrons. The lowest BCUT2D eigenvalue weighted by atomic mass is 9.33. The monoisotopic (exact) mass is 941 g/mol. The van der Waals surface area contributed by atoms with Gasteiger partial charge in [0.25, 0.3) is 0 Å². The predicted molar refractivity (Wildman–Crippen MR) is 230 cm³/mol. The molecule has 0 aromatic rings. The van der Waals surface area contributed by atoms with Gasteiger partial charge in [-0.3, -0.25) is 4.79 Å². The first-order chi connectivity index (χ1) is 30.7. The molecule has 5 aliphatic carbocycles. The van der Waals surface area contributed by atoms with Crippen LogP contribution in [0.15, 0.2) is 11.6 Å². The smallest absolute Gasteiger partial charge is 0.335 e. The van der Waals surface area contributed by atoms with Crippen LogP contribution in [-0.4, -0.2) is 168 Å². The summed E-state index contributed by atoms with van der Waals surface area (Å²) in [6.07, 6.45) is -16.4. The van der Waals surface area contributed by atoms with E-state index in [1.807, 2.05) is 0 Å². The third-order valence-corrected chi connectivity index (χ3v) is 19.3. The van der Waals surface area contributed by atoms with Gasteiger partial charge in [0.15, 0.2) is 25.0 Å². The predicted octanol–water partition coefficient (Wildman–Crippen LogP) is 1.83. The van der Waals surface area contributed by atoms with Crippen molar-refractivity contribution in [1.29, 1.82) is 0 Å². The quantitative estimate of drug-likeness (QED) is 0.117. The summed E-state index contributed by atoms with van der Waals surface area (Å²) in [5.41, 5.74) is -0.458. The van der Waals surface area contributed by atoms with Crippen molar-refractivity contribution in [2.24, 2.45) is 50.2 Å². The maximum absolute atomic E-state index is 13.2. The summed E-state index contributed by atoms with van der Waals surface area (Å²) in [5.74, 6) is -1.93. The highest BCUT2D eigenvalue weighted by atomic mass is 16.8.